The molecule has 0 aliphatic carbocycles. The fraction of sp³-hybridized carbons (Fsp3) is 0.300. The molecule has 0 saturated carbocycles. The van der Waals surface area contributed by atoms with Gasteiger partial charge in [0.05, 0.1) is 0 Å². The molecular weight excluding hydrogens is 334 g/mol. The van der Waals surface area contributed by atoms with Crippen molar-refractivity contribution >= 4 is 22.4 Å². The van der Waals surface area contributed by atoms with E-state index in [0.29, 0.717) is 17.5 Å². The molecule has 0 radical (unpaired) electrons. The molecule has 5 heteroatoms. The molecule has 2 aromatic carbocycles. The minimum atomic E-state index is 0.584. The van der Waals surface area contributed by atoms with Crippen molar-refractivity contribution in [2.75, 3.05) is 26.2 Å². The molecule has 4 nitrogen and oxygen atoms in total. The van der Waals surface area contributed by atoms with Crippen molar-refractivity contribution in [3.05, 3.63) is 53.6 Å². The van der Waals surface area contributed by atoms with Crippen molar-refractivity contribution in [3.8, 4) is 17.1 Å². The third-order valence-corrected chi connectivity index (χ3v) is 4.56. The van der Waals surface area contributed by atoms with Gasteiger partial charge >= 0.3 is 0 Å². The number of halogens is 1. The van der Waals surface area contributed by atoms with Gasteiger partial charge in [-0.2, -0.15) is 0 Å². The van der Waals surface area contributed by atoms with Gasteiger partial charge < -0.3 is 9.64 Å². The first-order valence-electron chi connectivity index (χ1n) is 8.59. The van der Waals surface area contributed by atoms with Crippen molar-refractivity contribution in [2.24, 2.45) is 0 Å². The van der Waals surface area contributed by atoms with E-state index in [2.05, 4.69) is 28.9 Å². The molecule has 25 heavy (non-hydrogen) atoms. The molecule has 0 bridgehead atoms. The highest BCUT2D eigenvalue weighted by atomic mass is 35.5. The van der Waals surface area contributed by atoms with Crippen LogP contribution in [0.1, 0.15) is 13.8 Å². The first-order chi connectivity index (χ1) is 12.2. The summed E-state index contributed by atoms with van der Waals surface area (Å²) >= 11 is 5.99. The van der Waals surface area contributed by atoms with E-state index in [-0.39, 0.29) is 0 Å². The second kappa shape index (κ2) is 8.28. The summed E-state index contributed by atoms with van der Waals surface area (Å²) in [7, 11) is 0. The fourth-order valence-corrected chi connectivity index (χ4v) is 2.94. The third kappa shape index (κ3) is 4.09. The number of rotatable bonds is 7. The highest BCUT2D eigenvalue weighted by molar-refractivity contribution is 6.30. The van der Waals surface area contributed by atoms with Gasteiger partial charge in [0.1, 0.15) is 12.3 Å². The smallest absolute Gasteiger partial charge is 0.241 e. The molecule has 0 unspecified atom stereocenters. The third-order valence-electron chi connectivity index (χ3n) is 4.31. The van der Waals surface area contributed by atoms with Gasteiger partial charge in [0.25, 0.3) is 0 Å². The monoisotopic (exact) mass is 355 g/mol. The van der Waals surface area contributed by atoms with E-state index < -0.39 is 0 Å². The summed E-state index contributed by atoms with van der Waals surface area (Å²) in [5.74, 6) is 0.584. The lowest BCUT2D eigenvalue weighted by atomic mass is 10.1. The van der Waals surface area contributed by atoms with Crippen molar-refractivity contribution in [1.82, 2.24) is 15.1 Å². The Morgan fingerprint density at radius 2 is 1.60 bits per heavy atom. The van der Waals surface area contributed by atoms with Crippen LogP contribution in [-0.4, -0.2) is 41.3 Å². The Hall–Kier alpha value is -2.17. The van der Waals surface area contributed by atoms with E-state index >= 15 is 0 Å². The number of aromatic nitrogens is 2. The molecular formula is C20H22ClN3O. The molecule has 0 atom stereocenters. The van der Waals surface area contributed by atoms with Gasteiger partial charge in [-0.05, 0) is 31.3 Å². The summed E-state index contributed by atoms with van der Waals surface area (Å²) in [5, 5.41) is 11.4. The summed E-state index contributed by atoms with van der Waals surface area (Å²) in [5.41, 5.74) is 1.83. The number of hydrogen-bond acceptors (Lipinski definition) is 4. The molecule has 0 fully saturated rings. The number of fused-ring (bicyclic) bond motifs is 1. The minimum absolute atomic E-state index is 0.584. The normalized spacial score (nSPS) is 11.2. The zero-order valence-corrected chi connectivity index (χ0v) is 15.3. The van der Waals surface area contributed by atoms with E-state index in [1.54, 1.807) is 0 Å². The lowest BCUT2D eigenvalue weighted by Crippen LogP contribution is -2.28. The predicted molar refractivity (Wildman–Crippen MR) is 103 cm³/mol. The van der Waals surface area contributed by atoms with Crippen molar-refractivity contribution in [2.45, 2.75) is 13.8 Å². The highest BCUT2D eigenvalue weighted by Crippen LogP contribution is 2.31. The maximum Gasteiger partial charge on any atom is 0.241 e. The number of hydrogen-bond donors (Lipinski definition) is 0. The van der Waals surface area contributed by atoms with Crippen LogP contribution in [-0.2, 0) is 0 Å². The van der Waals surface area contributed by atoms with Gasteiger partial charge in [-0.3, -0.25) is 0 Å². The Bertz CT molecular complexity index is 832. The quantitative estimate of drug-likeness (QED) is 0.617. The summed E-state index contributed by atoms with van der Waals surface area (Å²) < 4.78 is 5.93. The second-order valence-corrected chi connectivity index (χ2v) is 6.22. The maximum absolute atomic E-state index is 5.99. The maximum atomic E-state index is 5.99. The standard InChI is InChI=1S/C20H22ClN3O/c1-3-24(4-2)13-14-25-20-18-8-6-5-7-17(18)19(22-23-20)15-9-11-16(21)12-10-15/h5-12H,3-4,13-14H2,1-2H3. The minimum Gasteiger partial charge on any atom is -0.475 e. The van der Waals surface area contributed by atoms with Gasteiger partial charge in [0.2, 0.25) is 5.88 Å². The summed E-state index contributed by atoms with van der Waals surface area (Å²) in [6, 6.07) is 15.7. The summed E-state index contributed by atoms with van der Waals surface area (Å²) in [6.07, 6.45) is 0. The SMILES string of the molecule is CCN(CC)CCOc1nnc(-c2ccc(Cl)cc2)c2ccccc12. The van der Waals surface area contributed by atoms with Crippen LogP contribution in [0.5, 0.6) is 5.88 Å². The molecule has 0 aliphatic heterocycles. The highest BCUT2D eigenvalue weighted by Gasteiger charge is 2.12. The van der Waals surface area contributed by atoms with Crippen LogP contribution >= 0.6 is 11.6 Å². The first kappa shape index (κ1) is 17.6. The summed E-state index contributed by atoms with van der Waals surface area (Å²) in [4.78, 5) is 2.32. The van der Waals surface area contributed by atoms with E-state index in [4.69, 9.17) is 16.3 Å². The molecule has 130 valence electrons. The number of nitrogens with zero attached hydrogens (tertiary/aromatic N) is 3. The number of likely N-dealkylation sites (N-methyl/N-ethyl adjacent to an activating group) is 1. The average molecular weight is 356 g/mol. The topological polar surface area (TPSA) is 38.2 Å². The molecule has 3 aromatic rings. The summed E-state index contributed by atoms with van der Waals surface area (Å²) in [6.45, 7) is 7.81. The van der Waals surface area contributed by atoms with Crippen molar-refractivity contribution in [3.63, 3.8) is 0 Å². The molecule has 0 saturated heterocycles. The van der Waals surface area contributed by atoms with E-state index in [1.165, 1.54) is 0 Å². The first-order valence-corrected chi connectivity index (χ1v) is 8.97. The molecule has 0 spiro atoms. The van der Waals surface area contributed by atoms with Crippen LogP contribution in [0.2, 0.25) is 5.02 Å². The number of ether oxygens (including phenoxy) is 1. The Morgan fingerprint density at radius 3 is 2.28 bits per heavy atom. The van der Waals surface area contributed by atoms with Crippen molar-refractivity contribution < 1.29 is 4.74 Å². The zero-order chi connectivity index (χ0) is 17.6. The molecule has 1 aromatic heterocycles. The molecule has 0 aliphatic rings. The largest absolute Gasteiger partial charge is 0.475 e. The van der Waals surface area contributed by atoms with Crippen LogP contribution in [0.15, 0.2) is 48.5 Å². The van der Waals surface area contributed by atoms with Crippen LogP contribution in [0, 0.1) is 0 Å². The van der Waals surface area contributed by atoms with E-state index in [9.17, 15) is 0 Å². The van der Waals surface area contributed by atoms with Crippen LogP contribution in [0.4, 0.5) is 0 Å². The van der Waals surface area contributed by atoms with Gasteiger partial charge in [0, 0.05) is 27.9 Å². The molecule has 0 N–H and O–H groups in total. The lowest BCUT2D eigenvalue weighted by molar-refractivity contribution is 0.218. The van der Waals surface area contributed by atoms with Gasteiger partial charge in [0.15, 0.2) is 0 Å². The van der Waals surface area contributed by atoms with Crippen LogP contribution in [0.25, 0.3) is 22.0 Å². The molecule has 0 amide bonds. The van der Waals surface area contributed by atoms with Gasteiger partial charge in [-0.25, -0.2) is 0 Å². The second-order valence-electron chi connectivity index (χ2n) is 5.78. The van der Waals surface area contributed by atoms with Gasteiger partial charge in [-0.15, -0.1) is 10.2 Å². The average Bonchev–Trinajstić information content (AvgIpc) is 2.66. The Morgan fingerprint density at radius 1 is 0.920 bits per heavy atom. The van der Waals surface area contributed by atoms with Crippen LogP contribution < -0.4 is 4.74 Å². The Labute approximate surface area is 153 Å². The Balaban J connectivity index is 1.89. The molecule has 1 heterocycles. The molecule has 3 rings (SSSR count). The van der Waals surface area contributed by atoms with Crippen molar-refractivity contribution in [1.29, 1.82) is 0 Å². The van der Waals surface area contributed by atoms with E-state index in [0.717, 1.165) is 41.7 Å². The van der Waals surface area contributed by atoms with E-state index in [1.807, 2.05) is 48.5 Å². The Kier molecular flexibility index (Phi) is 5.84. The lowest BCUT2D eigenvalue weighted by Gasteiger charge is -2.18. The van der Waals surface area contributed by atoms with Crippen LogP contribution in [0.3, 0.4) is 0 Å². The van der Waals surface area contributed by atoms with Gasteiger partial charge in [-0.1, -0.05) is 55.8 Å². The number of benzene rings is 2. The zero-order valence-electron chi connectivity index (χ0n) is 14.6. The predicted octanol–water partition coefficient (Wildman–Crippen LogP) is 4.67. The fourth-order valence-electron chi connectivity index (χ4n) is 2.82.